The number of hydrogen-bond donors (Lipinski definition) is 2. The van der Waals surface area contributed by atoms with Crippen LogP contribution in [0.3, 0.4) is 0 Å². The summed E-state index contributed by atoms with van der Waals surface area (Å²) >= 11 is 0. The molecule has 0 fully saturated rings. The molecule has 0 atom stereocenters. The number of nitrogens with one attached hydrogen (secondary N) is 1. The SMILES string of the molecule is C=C1N=C(N)C(/C(C)=C(\C)CC)=C(C)N1. The molecule has 0 aromatic rings. The van der Waals surface area contributed by atoms with E-state index in [-0.39, 0.29) is 0 Å². The highest BCUT2D eigenvalue weighted by Crippen LogP contribution is 2.22. The predicted octanol–water partition coefficient (Wildman–Crippen LogP) is 2.44. The molecule has 0 unspecified atom stereocenters. The van der Waals surface area contributed by atoms with Gasteiger partial charge in [-0.2, -0.15) is 0 Å². The van der Waals surface area contributed by atoms with Gasteiger partial charge in [0.1, 0.15) is 11.7 Å². The summed E-state index contributed by atoms with van der Waals surface area (Å²) < 4.78 is 0. The predicted molar refractivity (Wildman–Crippen MR) is 65.3 cm³/mol. The van der Waals surface area contributed by atoms with Crippen molar-refractivity contribution in [2.75, 3.05) is 0 Å². The van der Waals surface area contributed by atoms with Gasteiger partial charge in [0.15, 0.2) is 0 Å². The smallest absolute Gasteiger partial charge is 0.135 e. The molecule has 0 spiro atoms. The summed E-state index contributed by atoms with van der Waals surface area (Å²) in [6.45, 7) is 12.1. The molecule has 1 heterocycles. The lowest BCUT2D eigenvalue weighted by atomic mass is 9.97. The zero-order valence-corrected chi connectivity index (χ0v) is 9.94. The first-order valence-corrected chi connectivity index (χ1v) is 5.15. The van der Waals surface area contributed by atoms with Gasteiger partial charge in [-0.3, -0.25) is 0 Å². The Morgan fingerprint density at radius 1 is 1.47 bits per heavy atom. The largest absolute Gasteiger partial charge is 0.383 e. The van der Waals surface area contributed by atoms with Crippen molar-refractivity contribution in [3.8, 4) is 0 Å². The molecular formula is C12H19N3. The lowest BCUT2D eigenvalue weighted by molar-refractivity contribution is 0.914. The van der Waals surface area contributed by atoms with Crippen LogP contribution in [0.5, 0.6) is 0 Å². The standard InChI is InChI=1S/C12H19N3/c1-6-7(2)8(3)11-9(4)14-10(5)15-12(11)13/h14H,5-6H2,1-4H3,(H2,13,15)/b8-7+. The molecule has 0 saturated carbocycles. The van der Waals surface area contributed by atoms with Crippen LogP contribution in [0.15, 0.2) is 39.8 Å². The fourth-order valence-corrected chi connectivity index (χ4v) is 1.65. The van der Waals surface area contributed by atoms with Gasteiger partial charge in [-0.25, -0.2) is 4.99 Å². The Hall–Kier alpha value is -1.51. The van der Waals surface area contributed by atoms with Gasteiger partial charge in [-0.15, -0.1) is 0 Å². The molecule has 0 saturated heterocycles. The molecule has 1 rings (SSSR count). The average Bonchev–Trinajstić information content (AvgIpc) is 2.14. The molecular weight excluding hydrogens is 186 g/mol. The van der Waals surface area contributed by atoms with Gasteiger partial charge in [-0.05, 0) is 32.8 Å². The summed E-state index contributed by atoms with van der Waals surface area (Å²) in [4.78, 5) is 4.15. The fraction of sp³-hybridized carbons (Fsp3) is 0.417. The molecule has 1 aliphatic rings. The average molecular weight is 205 g/mol. The summed E-state index contributed by atoms with van der Waals surface area (Å²) in [5, 5.41) is 3.10. The van der Waals surface area contributed by atoms with Crippen molar-refractivity contribution in [3.63, 3.8) is 0 Å². The summed E-state index contributed by atoms with van der Waals surface area (Å²) in [7, 11) is 0. The van der Waals surface area contributed by atoms with Gasteiger partial charge in [0.25, 0.3) is 0 Å². The Kier molecular flexibility index (Phi) is 3.35. The normalized spacial score (nSPS) is 18.4. The third-order valence-electron chi connectivity index (χ3n) is 2.76. The Balaban J connectivity index is 3.21. The van der Waals surface area contributed by atoms with Crippen LogP contribution in [0.1, 0.15) is 34.1 Å². The molecule has 3 nitrogen and oxygen atoms in total. The summed E-state index contributed by atoms with van der Waals surface area (Å²) in [6.07, 6.45) is 1.02. The first kappa shape index (κ1) is 11.6. The maximum atomic E-state index is 5.91. The number of aliphatic imine (C=N–C) groups is 1. The van der Waals surface area contributed by atoms with Crippen LogP contribution in [0, 0.1) is 0 Å². The number of hydrogen-bond acceptors (Lipinski definition) is 3. The van der Waals surface area contributed by atoms with Crippen molar-refractivity contribution in [1.29, 1.82) is 0 Å². The van der Waals surface area contributed by atoms with Gasteiger partial charge in [0.2, 0.25) is 0 Å². The van der Waals surface area contributed by atoms with E-state index < -0.39 is 0 Å². The van der Waals surface area contributed by atoms with E-state index in [0.717, 1.165) is 17.7 Å². The molecule has 15 heavy (non-hydrogen) atoms. The van der Waals surface area contributed by atoms with Gasteiger partial charge >= 0.3 is 0 Å². The van der Waals surface area contributed by atoms with Crippen molar-refractivity contribution >= 4 is 5.84 Å². The van der Waals surface area contributed by atoms with E-state index in [9.17, 15) is 0 Å². The maximum absolute atomic E-state index is 5.91. The Labute approximate surface area is 91.5 Å². The molecule has 0 aromatic heterocycles. The topological polar surface area (TPSA) is 50.4 Å². The molecule has 3 heteroatoms. The third-order valence-corrected chi connectivity index (χ3v) is 2.76. The molecule has 1 aliphatic heterocycles. The minimum absolute atomic E-state index is 0.557. The van der Waals surface area contributed by atoms with E-state index in [1.54, 1.807) is 0 Å². The van der Waals surface area contributed by atoms with E-state index in [1.807, 2.05) is 6.92 Å². The lowest BCUT2D eigenvalue weighted by Crippen LogP contribution is -2.27. The second-order valence-electron chi connectivity index (χ2n) is 3.83. The number of nitrogens with zero attached hydrogens (tertiary/aromatic N) is 1. The molecule has 0 radical (unpaired) electrons. The van der Waals surface area contributed by atoms with E-state index in [0.29, 0.717) is 11.7 Å². The highest BCUT2D eigenvalue weighted by molar-refractivity contribution is 6.02. The second-order valence-corrected chi connectivity index (χ2v) is 3.83. The lowest BCUT2D eigenvalue weighted by Gasteiger charge is -2.20. The molecule has 0 amide bonds. The van der Waals surface area contributed by atoms with E-state index >= 15 is 0 Å². The summed E-state index contributed by atoms with van der Waals surface area (Å²) in [5.74, 6) is 1.16. The van der Waals surface area contributed by atoms with Gasteiger partial charge in [-0.1, -0.05) is 19.1 Å². The van der Waals surface area contributed by atoms with E-state index in [2.05, 4.69) is 37.7 Å². The van der Waals surface area contributed by atoms with Gasteiger partial charge in [0, 0.05) is 11.3 Å². The van der Waals surface area contributed by atoms with Crippen LogP contribution in [0.4, 0.5) is 0 Å². The number of rotatable bonds is 2. The summed E-state index contributed by atoms with van der Waals surface area (Å²) in [5.41, 5.74) is 10.5. The van der Waals surface area contributed by atoms with E-state index in [4.69, 9.17) is 5.73 Å². The van der Waals surface area contributed by atoms with Crippen molar-refractivity contribution in [2.24, 2.45) is 10.7 Å². The number of nitrogens with two attached hydrogens (primary N) is 1. The van der Waals surface area contributed by atoms with Crippen molar-refractivity contribution in [3.05, 3.63) is 34.8 Å². The zero-order valence-electron chi connectivity index (χ0n) is 9.94. The van der Waals surface area contributed by atoms with Crippen molar-refractivity contribution in [2.45, 2.75) is 34.1 Å². The minimum atomic E-state index is 0.557. The highest BCUT2D eigenvalue weighted by Gasteiger charge is 2.16. The quantitative estimate of drug-likeness (QED) is 0.727. The Bertz CT molecular complexity index is 384. The van der Waals surface area contributed by atoms with Crippen molar-refractivity contribution in [1.82, 2.24) is 5.32 Å². The van der Waals surface area contributed by atoms with Gasteiger partial charge in [0.05, 0.1) is 0 Å². The maximum Gasteiger partial charge on any atom is 0.135 e. The highest BCUT2D eigenvalue weighted by atomic mass is 15.1. The third kappa shape index (κ3) is 2.29. The molecule has 0 aliphatic carbocycles. The van der Waals surface area contributed by atoms with Crippen LogP contribution in [-0.4, -0.2) is 5.84 Å². The second kappa shape index (κ2) is 4.34. The van der Waals surface area contributed by atoms with Crippen LogP contribution < -0.4 is 11.1 Å². The van der Waals surface area contributed by atoms with Gasteiger partial charge < -0.3 is 11.1 Å². The van der Waals surface area contributed by atoms with Crippen LogP contribution in [0.2, 0.25) is 0 Å². The van der Waals surface area contributed by atoms with Crippen LogP contribution >= 0.6 is 0 Å². The first-order chi connectivity index (χ1) is 6.97. The molecule has 0 aromatic carbocycles. The minimum Gasteiger partial charge on any atom is -0.383 e. The monoisotopic (exact) mass is 205 g/mol. The molecule has 0 bridgehead atoms. The number of allylic oxidation sites excluding steroid dienone is 2. The fourth-order valence-electron chi connectivity index (χ4n) is 1.65. The van der Waals surface area contributed by atoms with Crippen LogP contribution in [0.25, 0.3) is 0 Å². The first-order valence-electron chi connectivity index (χ1n) is 5.15. The van der Waals surface area contributed by atoms with Crippen molar-refractivity contribution < 1.29 is 0 Å². The van der Waals surface area contributed by atoms with Crippen LogP contribution in [-0.2, 0) is 0 Å². The Morgan fingerprint density at radius 3 is 2.53 bits per heavy atom. The number of amidine groups is 1. The molecule has 82 valence electrons. The zero-order chi connectivity index (χ0) is 11.6. The Morgan fingerprint density at radius 2 is 2.07 bits per heavy atom. The van der Waals surface area contributed by atoms with E-state index in [1.165, 1.54) is 11.1 Å². The summed E-state index contributed by atoms with van der Waals surface area (Å²) in [6, 6.07) is 0. The molecule has 3 N–H and O–H groups in total.